The highest BCUT2D eigenvalue weighted by molar-refractivity contribution is 5.90. The van der Waals surface area contributed by atoms with Gasteiger partial charge in [0.25, 0.3) is 6.47 Å². The molecular weight excluding hydrogens is 592 g/mol. The molecule has 9 rings (SSSR count). The number of fused-ring (bicyclic) bond motifs is 9. The summed E-state index contributed by atoms with van der Waals surface area (Å²) in [7, 11) is 0. The third-order valence-electron chi connectivity index (χ3n) is 10.7. The van der Waals surface area contributed by atoms with E-state index in [2.05, 4.69) is 72.8 Å². The summed E-state index contributed by atoms with van der Waals surface area (Å²) in [6.07, 6.45) is 0.226. The standard InChI is InChI=1S/C44H32O4/c45-27-48-44(42-38-23-11-9-17-32(38)33-18-10-12-24-39(33)42,25-40-34-19-5-1-13-28(34)29-14-2-6-20-35(29)40)43(46)47-26-41-36-21-7-3-15-30(36)31-16-4-8-22-37(31)41/h1-24,27,40-42H,25-26H2. The second kappa shape index (κ2) is 11.2. The molecule has 0 saturated carbocycles. The van der Waals surface area contributed by atoms with E-state index in [4.69, 9.17) is 9.47 Å². The van der Waals surface area contributed by atoms with Gasteiger partial charge in [-0.3, -0.25) is 4.79 Å². The second-order valence-corrected chi connectivity index (χ2v) is 13.0. The Balaban J connectivity index is 1.19. The SMILES string of the molecule is O=COC(CC1c2ccccc2-c2ccccc21)(C(=O)OCC1c2ccccc2-c2ccccc21)C1c2ccccc2-c2ccccc21. The Morgan fingerprint density at radius 3 is 1.23 bits per heavy atom. The predicted octanol–water partition coefficient (Wildman–Crippen LogP) is 9.27. The van der Waals surface area contributed by atoms with E-state index >= 15 is 4.79 Å². The zero-order valence-corrected chi connectivity index (χ0v) is 26.2. The maximum atomic E-state index is 15.1. The lowest BCUT2D eigenvalue weighted by atomic mass is 9.73. The van der Waals surface area contributed by atoms with Gasteiger partial charge in [0.15, 0.2) is 0 Å². The van der Waals surface area contributed by atoms with Gasteiger partial charge in [-0.25, -0.2) is 4.79 Å². The molecule has 0 radical (unpaired) electrons. The Morgan fingerprint density at radius 2 is 0.833 bits per heavy atom. The van der Waals surface area contributed by atoms with Crippen LogP contribution in [-0.2, 0) is 19.1 Å². The minimum absolute atomic E-state index is 0.130. The molecule has 232 valence electrons. The van der Waals surface area contributed by atoms with Crippen LogP contribution in [0.3, 0.4) is 0 Å². The van der Waals surface area contributed by atoms with Crippen molar-refractivity contribution in [3.63, 3.8) is 0 Å². The Bertz CT molecular complexity index is 2100. The third-order valence-corrected chi connectivity index (χ3v) is 10.7. The molecule has 0 bridgehead atoms. The van der Waals surface area contributed by atoms with Gasteiger partial charge in [-0.1, -0.05) is 146 Å². The average molecular weight is 625 g/mol. The van der Waals surface area contributed by atoms with Crippen LogP contribution >= 0.6 is 0 Å². The number of hydrogen-bond donors (Lipinski definition) is 0. The predicted molar refractivity (Wildman–Crippen MR) is 187 cm³/mol. The molecule has 6 aromatic carbocycles. The second-order valence-electron chi connectivity index (χ2n) is 13.0. The largest absolute Gasteiger partial charge is 0.462 e. The highest BCUT2D eigenvalue weighted by atomic mass is 16.6. The number of carbonyl (C=O) groups is 2. The van der Waals surface area contributed by atoms with Crippen molar-refractivity contribution in [2.75, 3.05) is 6.61 Å². The lowest BCUT2D eigenvalue weighted by Gasteiger charge is -2.38. The number of hydrogen-bond acceptors (Lipinski definition) is 4. The molecule has 0 fully saturated rings. The fourth-order valence-electron chi connectivity index (χ4n) is 8.73. The summed E-state index contributed by atoms with van der Waals surface area (Å²) in [4.78, 5) is 27.9. The molecule has 0 aliphatic heterocycles. The fourth-order valence-corrected chi connectivity index (χ4v) is 8.73. The zero-order chi connectivity index (χ0) is 32.2. The molecular formula is C44H32O4. The van der Waals surface area contributed by atoms with Gasteiger partial charge in [0.2, 0.25) is 5.60 Å². The van der Waals surface area contributed by atoms with Gasteiger partial charge in [0, 0.05) is 18.3 Å². The van der Waals surface area contributed by atoms with E-state index in [1.165, 1.54) is 0 Å². The minimum atomic E-state index is -1.66. The van der Waals surface area contributed by atoms with Gasteiger partial charge in [-0.2, -0.15) is 0 Å². The van der Waals surface area contributed by atoms with E-state index < -0.39 is 17.5 Å². The Labute approximate surface area is 279 Å². The highest BCUT2D eigenvalue weighted by Gasteiger charge is 2.56. The van der Waals surface area contributed by atoms with Crippen molar-refractivity contribution in [1.29, 1.82) is 0 Å². The Hall–Kier alpha value is -5.74. The van der Waals surface area contributed by atoms with Crippen molar-refractivity contribution in [3.8, 4) is 33.4 Å². The molecule has 4 nitrogen and oxygen atoms in total. The van der Waals surface area contributed by atoms with Crippen LogP contribution in [0.15, 0.2) is 146 Å². The fraction of sp³-hybridized carbons (Fsp3) is 0.136. The van der Waals surface area contributed by atoms with Crippen LogP contribution < -0.4 is 0 Å². The van der Waals surface area contributed by atoms with E-state index in [1.807, 2.05) is 72.8 Å². The van der Waals surface area contributed by atoms with Gasteiger partial charge < -0.3 is 9.47 Å². The summed E-state index contributed by atoms with van der Waals surface area (Å²) in [5, 5.41) is 0. The van der Waals surface area contributed by atoms with Crippen molar-refractivity contribution in [2.24, 2.45) is 0 Å². The van der Waals surface area contributed by atoms with Crippen LogP contribution in [0.4, 0.5) is 0 Å². The quantitative estimate of drug-likeness (QED) is 0.125. The van der Waals surface area contributed by atoms with Crippen LogP contribution in [0.1, 0.15) is 57.6 Å². The van der Waals surface area contributed by atoms with Crippen molar-refractivity contribution in [1.82, 2.24) is 0 Å². The molecule has 48 heavy (non-hydrogen) atoms. The lowest BCUT2D eigenvalue weighted by molar-refractivity contribution is -0.179. The minimum Gasteiger partial charge on any atom is -0.462 e. The summed E-state index contributed by atoms with van der Waals surface area (Å²) < 4.78 is 12.7. The monoisotopic (exact) mass is 624 g/mol. The van der Waals surface area contributed by atoms with Crippen molar-refractivity contribution < 1.29 is 19.1 Å². The van der Waals surface area contributed by atoms with Gasteiger partial charge in [0.1, 0.15) is 6.61 Å². The molecule has 0 N–H and O–H groups in total. The molecule has 0 amide bonds. The maximum Gasteiger partial charge on any atom is 0.351 e. The Kier molecular flexibility index (Phi) is 6.65. The maximum absolute atomic E-state index is 15.1. The van der Waals surface area contributed by atoms with Crippen molar-refractivity contribution in [2.45, 2.75) is 29.8 Å². The van der Waals surface area contributed by atoms with E-state index in [9.17, 15) is 4.79 Å². The van der Waals surface area contributed by atoms with Crippen molar-refractivity contribution >= 4 is 12.4 Å². The van der Waals surface area contributed by atoms with Crippen molar-refractivity contribution in [3.05, 3.63) is 179 Å². The first-order valence-electron chi connectivity index (χ1n) is 16.5. The van der Waals surface area contributed by atoms with E-state index in [0.717, 1.165) is 66.8 Å². The molecule has 3 aliphatic carbocycles. The van der Waals surface area contributed by atoms with E-state index in [1.54, 1.807) is 0 Å². The first-order chi connectivity index (χ1) is 23.7. The smallest absolute Gasteiger partial charge is 0.351 e. The number of rotatable bonds is 8. The first kappa shape index (κ1) is 28.5. The van der Waals surface area contributed by atoms with Gasteiger partial charge in [-0.15, -0.1) is 0 Å². The highest BCUT2D eigenvalue weighted by Crippen LogP contribution is 2.56. The van der Waals surface area contributed by atoms with Crippen LogP contribution in [0.5, 0.6) is 0 Å². The van der Waals surface area contributed by atoms with Crippen LogP contribution in [0, 0.1) is 0 Å². The molecule has 0 aromatic heterocycles. The molecule has 4 heteroatoms. The molecule has 0 spiro atoms. The number of benzene rings is 6. The number of esters is 1. The summed E-state index contributed by atoms with van der Waals surface area (Å²) >= 11 is 0. The average Bonchev–Trinajstić information content (AvgIpc) is 3.76. The van der Waals surface area contributed by atoms with Crippen LogP contribution in [-0.4, -0.2) is 24.6 Å². The van der Waals surface area contributed by atoms with Gasteiger partial charge in [-0.05, 0) is 66.8 Å². The molecule has 6 aromatic rings. The molecule has 1 unspecified atom stereocenters. The lowest BCUT2D eigenvalue weighted by Crippen LogP contribution is -2.49. The third kappa shape index (κ3) is 4.15. The molecule has 1 atom stereocenters. The van der Waals surface area contributed by atoms with Gasteiger partial charge in [0.05, 0.1) is 5.92 Å². The normalized spacial score (nSPS) is 15.3. The van der Waals surface area contributed by atoms with E-state index in [0.29, 0.717) is 6.47 Å². The topological polar surface area (TPSA) is 52.6 Å². The molecule has 0 heterocycles. The molecule has 3 aliphatic rings. The summed E-state index contributed by atoms with van der Waals surface area (Å²) in [5.41, 5.74) is 11.4. The zero-order valence-electron chi connectivity index (χ0n) is 26.2. The van der Waals surface area contributed by atoms with E-state index in [-0.39, 0.29) is 24.9 Å². The van der Waals surface area contributed by atoms with Gasteiger partial charge >= 0.3 is 5.97 Å². The number of ether oxygens (including phenoxy) is 2. The summed E-state index contributed by atoms with van der Waals surface area (Å²) in [6, 6.07) is 49.5. The Morgan fingerprint density at radius 1 is 0.500 bits per heavy atom. The molecule has 0 saturated heterocycles. The summed E-state index contributed by atoms with van der Waals surface area (Å²) in [5.74, 6) is -1.43. The first-order valence-corrected chi connectivity index (χ1v) is 16.5. The summed E-state index contributed by atoms with van der Waals surface area (Å²) in [6.45, 7) is 0.572. The van der Waals surface area contributed by atoms with Crippen LogP contribution in [0.25, 0.3) is 33.4 Å². The number of carbonyl (C=O) groups excluding carboxylic acids is 2. The van der Waals surface area contributed by atoms with Crippen LogP contribution in [0.2, 0.25) is 0 Å².